The highest BCUT2D eigenvalue weighted by Gasteiger charge is 2.06. The molecule has 6 aromatic carbocycles. The zero-order chi connectivity index (χ0) is 43.2. The summed E-state index contributed by atoms with van der Waals surface area (Å²) in [5, 5.41) is 5.52. The molecule has 0 aliphatic carbocycles. The lowest BCUT2D eigenvalue weighted by atomic mass is 10.0. The van der Waals surface area contributed by atoms with Crippen LogP contribution in [0.5, 0.6) is 11.5 Å². The van der Waals surface area contributed by atoms with Gasteiger partial charge in [0.05, 0.1) is 14.2 Å². The van der Waals surface area contributed by atoms with E-state index in [4.69, 9.17) is 9.47 Å². The van der Waals surface area contributed by atoms with Gasteiger partial charge in [0.1, 0.15) is 11.5 Å². The van der Waals surface area contributed by atoms with Crippen molar-refractivity contribution < 1.29 is 14.3 Å². The molecule has 0 aliphatic heterocycles. The number of para-hydroxylation sites is 1. The van der Waals surface area contributed by atoms with Crippen molar-refractivity contribution in [3.8, 4) is 33.8 Å². The molecule has 0 aromatic heterocycles. The van der Waals surface area contributed by atoms with Crippen LogP contribution in [0.4, 0.5) is 16.2 Å². The number of rotatable bonds is 6. The second-order valence-electron chi connectivity index (χ2n) is 11.9. The van der Waals surface area contributed by atoms with E-state index < -0.39 is 0 Å². The molecule has 0 bridgehead atoms. The third-order valence-corrected chi connectivity index (χ3v) is 7.93. The van der Waals surface area contributed by atoms with E-state index in [1.165, 1.54) is 27.8 Å². The quantitative estimate of drug-likeness (QED) is 0.177. The van der Waals surface area contributed by atoms with E-state index in [-0.39, 0.29) is 6.03 Å². The highest BCUT2D eigenvalue weighted by Crippen LogP contribution is 2.30. The Bertz CT molecular complexity index is 1820. The molecule has 0 saturated carbocycles. The van der Waals surface area contributed by atoms with Crippen LogP contribution in [0, 0.1) is 34.6 Å². The minimum Gasteiger partial charge on any atom is -0.496 e. The molecule has 0 heterocycles. The first-order valence-corrected chi connectivity index (χ1v) is 20.3. The van der Waals surface area contributed by atoms with E-state index in [9.17, 15) is 4.79 Å². The second kappa shape index (κ2) is 30.4. The van der Waals surface area contributed by atoms with Crippen LogP contribution >= 0.6 is 0 Å². The van der Waals surface area contributed by atoms with Crippen molar-refractivity contribution in [1.29, 1.82) is 0 Å². The van der Waals surface area contributed by atoms with E-state index in [0.717, 1.165) is 45.1 Å². The Hall–Kier alpha value is -5.81. The fourth-order valence-electron chi connectivity index (χ4n) is 4.94. The van der Waals surface area contributed by atoms with Gasteiger partial charge in [0.25, 0.3) is 0 Å². The fourth-order valence-corrected chi connectivity index (χ4v) is 4.94. The van der Waals surface area contributed by atoms with Gasteiger partial charge in [0.2, 0.25) is 0 Å². The van der Waals surface area contributed by atoms with E-state index in [1.54, 1.807) is 14.2 Å². The standard InChI is InChI=1S/C16H18O2.C14H14N2O.C14H14.4C2H6/c1-11-5-7-13(9-15(11)17-3)14-8-6-12(2)16(10-14)18-4;1-11-7-9-13(10-8-11)16-14(17)15-12-5-3-2-4-6-12;1-11-3-7-13(8-4-11)14-9-5-12(2)6-10-14;4*1-2/h5-10H,1-4H3;2-10H,1H3,(H2,15,16,17);3-10H,1-2H3;4*1-2H3. The lowest BCUT2D eigenvalue weighted by Crippen LogP contribution is -2.19. The summed E-state index contributed by atoms with van der Waals surface area (Å²) in [5.74, 6) is 1.82. The van der Waals surface area contributed by atoms with Gasteiger partial charge in [-0.1, -0.05) is 175 Å². The molecule has 0 atom stereocenters. The maximum absolute atomic E-state index is 11.6. The number of ether oxygens (including phenoxy) is 2. The molecule has 0 spiro atoms. The third-order valence-electron chi connectivity index (χ3n) is 7.93. The maximum Gasteiger partial charge on any atom is 0.323 e. The van der Waals surface area contributed by atoms with E-state index in [2.05, 4.69) is 109 Å². The normalized spacial score (nSPS) is 9.04. The number of amides is 2. The summed E-state index contributed by atoms with van der Waals surface area (Å²) >= 11 is 0. The number of methoxy groups -OCH3 is 2. The van der Waals surface area contributed by atoms with Gasteiger partial charge in [-0.25, -0.2) is 4.79 Å². The molecule has 6 rings (SSSR count). The number of carbonyl (C=O) groups excluding carboxylic acids is 1. The van der Waals surface area contributed by atoms with Crippen molar-refractivity contribution in [2.24, 2.45) is 0 Å². The Balaban J connectivity index is 0.000000761. The van der Waals surface area contributed by atoms with Crippen LogP contribution in [0.2, 0.25) is 0 Å². The molecular weight excluding hydrogens is 701 g/mol. The molecule has 306 valence electrons. The molecule has 0 aliphatic rings. The van der Waals surface area contributed by atoms with E-state index in [0.29, 0.717) is 0 Å². The molecule has 0 unspecified atom stereocenters. The van der Waals surface area contributed by atoms with Crippen molar-refractivity contribution in [1.82, 2.24) is 0 Å². The SMILES string of the molecule is CC.CC.CC.CC.COc1cc(-c2ccc(C)c(OC)c2)ccc1C.Cc1ccc(-c2ccc(C)cc2)cc1.Cc1ccc(NC(=O)Nc2ccccc2)cc1. The van der Waals surface area contributed by atoms with Gasteiger partial charge in [-0.3, -0.25) is 0 Å². The predicted octanol–water partition coefficient (Wildman–Crippen LogP) is 15.7. The zero-order valence-electron chi connectivity index (χ0n) is 37.5. The average molecular weight is 771 g/mol. The summed E-state index contributed by atoms with van der Waals surface area (Å²) in [6.45, 7) is 26.3. The predicted molar refractivity (Wildman–Crippen MR) is 251 cm³/mol. The number of urea groups is 1. The molecule has 5 heteroatoms. The first-order chi connectivity index (χ1) is 27.6. The van der Waals surface area contributed by atoms with Crippen LogP contribution in [0.25, 0.3) is 22.3 Å². The van der Waals surface area contributed by atoms with Crippen LogP contribution in [0.1, 0.15) is 83.2 Å². The second-order valence-corrected chi connectivity index (χ2v) is 11.9. The number of hydrogen-bond acceptors (Lipinski definition) is 3. The summed E-state index contributed by atoms with van der Waals surface area (Å²) in [4.78, 5) is 11.6. The Morgan fingerprint density at radius 3 is 1.02 bits per heavy atom. The van der Waals surface area contributed by atoms with Gasteiger partial charge in [-0.15, -0.1) is 0 Å². The molecule has 0 fully saturated rings. The van der Waals surface area contributed by atoms with Crippen LogP contribution in [0.3, 0.4) is 0 Å². The lowest BCUT2D eigenvalue weighted by Gasteiger charge is -2.10. The van der Waals surface area contributed by atoms with Gasteiger partial charge in [0.15, 0.2) is 0 Å². The Morgan fingerprint density at radius 2 is 0.684 bits per heavy atom. The lowest BCUT2D eigenvalue weighted by molar-refractivity contribution is 0.262. The van der Waals surface area contributed by atoms with Crippen LogP contribution in [0.15, 0.2) is 140 Å². The Morgan fingerprint density at radius 1 is 0.386 bits per heavy atom. The molecule has 0 saturated heterocycles. The minimum atomic E-state index is -0.236. The average Bonchev–Trinajstić information content (AvgIpc) is 3.26. The molecular formula is C52H70N2O3. The molecule has 6 aromatic rings. The van der Waals surface area contributed by atoms with E-state index >= 15 is 0 Å². The summed E-state index contributed by atoms with van der Waals surface area (Å²) in [6.07, 6.45) is 0. The van der Waals surface area contributed by atoms with Crippen LogP contribution < -0.4 is 20.1 Å². The summed E-state index contributed by atoms with van der Waals surface area (Å²) in [7, 11) is 3.39. The monoisotopic (exact) mass is 771 g/mol. The van der Waals surface area contributed by atoms with Crippen molar-refractivity contribution in [3.63, 3.8) is 0 Å². The van der Waals surface area contributed by atoms with Crippen molar-refractivity contribution in [2.75, 3.05) is 24.9 Å². The van der Waals surface area contributed by atoms with Crippen LogP contribution in [-0.4, -0.2) is 20.3 Å². The first-order valence-electron chi connectivity index (χ1n) is 20.3. The molecule has 57 heavy (non-hydrogen) atoms. The van der Waals surface area contributed by atoms with Gasteiger partial charge < -0.3 is 20.1 Å². The van der Waals surface area contributed by atoms with Gasteiger partial charge in [0, 0.05) is 11.4 Å². The molecule has 2 amide bonds. The number of hydrogen-bond donors (Lipinski definition) is 2. The van der Waals surface area contributed by atoms with Crippen LogP contribution in [-0.2, 0) is 0 Å². The van der Waals surface area contributed by atoms with Gasteiger partial charge in [-0.05, 0) is 104 Å². The van der Waals surface area contributed by atoms with Crippen molar-refractivity contribution in [3.05, 3.63) is 167 Å². The van der Waals surface area contributed by atoms with Gasteiger partial charge >= 0.3 is 6.03 Å². The number of carbonyl (C=O) groups is 1. The first kappa shape index (κ1) is 51.2. The van der Waals surface area contributed by atoms with Gasteiger partial charge in [-0.2, -0.15) is 0 Å². The number of anilines is 2. The van der Waals surface area contributed by atoms with Crippen molar-refractivity contribution >= 4 is 17.4 Å². The molecule has 2 N–H and O–H groups in total. The Kier molecular flexibility index (Phi) is 27.3. The smallest absolute Gasteiger partial charge is 0.323 e. The highest BCUT2D eigenvalue weighted by atomic mass is 16.5. The highest BCUT2D eigenvalue weighted by molar-refractivity contribution is 5.99. The van der Waals surface area contributed by atoms with E-state index in [1.807, 2.05) is 131 Å². The number of aryl methyl sites for hydroxylation is 5. The van der Waals surface area contributed by atoms with Crippen molar-refractivity contribution in [2.45, 2.75) is 90.0 Å². The summed E-state index contributed by atoms with van der Waals surface area (Å²) < 4.78 is 10.7. The number of benzene rings is 6. The maximum atomic E-state index is 11.6. The molecule has 5 nitrogen and oxygen atoms in total. The Labute approximate surface area is 346 Å². The summed E-state index contributed by atoms with van der Waals surface area (Å²) in [5.41, 5.74) is 12.5. The topological polar surface area (TPSA) is 59.6 Å². The zero-order valence-corrected chi connectivity index (χ0v) is 37.5. The molecule has 0 radical (unpaired) electrons. The summed E-state index contributed by atoms with van der Waals surface area (Å²) in [6, 6.07) is 46.5. The largest absolute Gasteiger partial charge is 0.496 e. The fraction of sp³-hybridized carbons (Fsp3) is 0.288. The minimum absolute atomic E-state index is 0.236. The number of nitrogens with one attached hydrogen (secondary N) is 2. The third kappa shape index (κ3) is 19.1.